The van der Waals surface area contributed by atoms with Crippen LogP contribution in [-0.4, -0.2) is 40.5 Å². The number of hydrogen-bond acceptors (Lipinski definition) is 3. The quantitative estimate of drug-likeness (QED) is 0.678. The maximum absolute atomic E-state index is 12.1. The summed E-state index contributed by atoms with van der Waals surface area (Å²) >= 11 is 0. The van der Waals surface area contributed by atoms with Gasteiger partial charge < -0.3 is 15.7 Å². The molecule has 0 unspecified atom stereocenters. The maximum atomic E-state index is 12.1. The molecule has 94 valence electrons. The summed E-state index contributed by atoms with van der Waals surface area (Å²) in [7, 11) is 0. The normalized spacial score (nSPS) is 11.2. The Hall–Kier alpha value is -1.10. The summed E-state index contributed by atoms with van der Waals surface area (Å²) in [6, 6.07) is 0. The molecule has 0 radical (unpaired) electrons. The van der Waals surface area contributed by atoms with Crippen molar-refractivity contribution in [3.63, 3.8) is 0 Å². The van der Waals surface area contributed by atoms with Crippen LogP contribution in [0.1, 0.15) is 40.0 Å². The number of carbonyl (C=O) groups excluding carboxylic acids is 1. The summed E-state index contributed by atoms with van der Waals surface area (Å²) in [6.07, 6.45) is 1.76. The molecule has 0 fully saturated rings. The summed E-state index contributed by atoms with van der Waals surface area (Å²) in [5.74, 6) is -1.27. The Kier molecular flexibility index (Phi) is 6.03. The highest BCUT2D eigenvalue weighted by Crippen LogP contribution is 2.15. The SMILES string of the molecule is CCCN(CC(=O)O)C(=O)C(N)(CC)CC. The second-order valence-electron chi connectivity index (χ2n) is 3.98. The lowest BCUT2D eigenvalue weighted by molar-refractivity contribution is -0.147. The van der Waals surface area contributed by atoms with Gasteiger partial charge >= 0.3 is 5.97 Å². The van der Waals surface area contributed by atoms with Gasteiger partial charge in [0.15, 0.2) is 0 Å². The van der Waals surface area contributed by atoms with Crippen molar-refractivity contribution in [3.05, 3.63) is 0 Å². The number of nitrogens with two attached hydrogens (primary N) is 1. The summed E-state index contributed by atoms with van der Waals surface area (Å²) in [5.41, 5.74) is 5.04. The molecule has 0 heterocycles. The van der Waals surface area contributed by atoms with Crippen LogP contribution in [0.4, 0.5) is 0 Å². The second-order valence-corrected chi connectivity index (χ2v) is 3.98. The molecule has 0 saturated heterocycles. The Morgan fingerprint density at radius 2 is 1.75 bits per heavy atom. The van der Waals surface area contributed by atoms with E-state index < -0.39 is 11.5 Å². The van der Waals surface area contributed by atoms with Crippen LogP contribution in [0.15, 0.2) is 0 Å². The van der Waals surface area contributed by atoms with Crippen molar-refractivity contribution in [2.75, 3.05) is 13.1 Å². The van der Waals surface area contributed by atoms with E-state index in [0.717, 1.165) is 6.42 Å². The van der Waals surface area contributed by atoms with E-state index in [1.807, 2.05) is 20.8 Å². The molecule has 0 rings (SSSR count). The first-order chi connectivity index (χ1) is 7.41. The standard InChI is InChI=1S/C11H22N2O3/c1-4-7-13(8-9(14)15)10(16)11(12,5-2)6-3/h4-8,12H2,1-3H3,(H,14,15). The molecule has 0 saturated carbocycles. The van der Waals surface area contributed by atoms with Crippen LogP contribution in [0.5, 0.6) is 0 Å². The van der Waals surface area contributed by atoms with Crippen LogP contribution in [0.25, 0.3) is 0 Å². The molecule has 5 nitrogen and oxygen atoms in total. The van der Waals surface area contributed by atoms with Crippen molar-refractivity contribution in [2.24, 2.45) is 5.73 Å². The lowest BCUT2D eigenvalue weighted by atomic mass is 9.92. The molecule has 0 aliphatic rings. The van der Waals surface area contributed by atoms with Gasteiger partial charge in [-0.1, -0.05) is 20.8 Å². The van der Waals surface area contributed by atoms with Gasteiger partial charge in [0.2, 0.25) is 5.91 Å². The van der Waals surface area contributed by atoms with E-state index in [0.29, 0.717) is 19.4 Å². The van der Waals surface area contributed by atoms with E-state index in [1.54, 1.807) is 0 Å². The number of carboxylic acid groups (broad SMARTS) is 1. The molecule has 0 aliphatic carbocycles. The van der Waals surface area contributed by atoms with Gasteiger partial charge in [0, 0.05) is 6.54 Å². The van der Waals surface area contributed by atoms with Crippen molar-refractivity contribution in [2.45, 2.75) is 45.6 Å². The topological polar surface area (TPSA) is 83.6 Å². The first-order valence-corrected chi connectivity index (χ1v) is 5.71. The van der Waals surface area contributed by atoms with E-state index in [1.165, 1.54) is 4.90 Å². The minimum absolute atomic E-state index is 0.262. The summed E-state index contributed by atoms with van der Waals surface area (Å²) in [4.78, 5) is 24.1. The van der Waals surface area contributed by atoms with Gasteiger partial charge in [-0.3, -0.25) is 9.59 Å². The fraction of sp³-hybridized carbons (Fsp3) is 0.818. The highest BCUT2D eigenvalue weighted by atomic mass is 16.4. The second kappa shape index (κ2) is 6.48. The summed E-state index contributed by atoms with van der Waals surface area (Å²) in [6.45, 7) is 5.74. The number of hydrogen-bond donors (Lipinski definition) is 2. The van der Waals surface area contributed by atoms with Gasteiger partial charge in [-0.05, 0) is 19.3 Å². The fourth-order valence-corrected chi connectivity index (χ4v) is 1.55. The van der Waals surface area contributed by atoms with E-state index in [2.05, 4.69) is 0 Å². The number of nitrogens with zero attached hydrogens (tertiary/aromatic N) is 1. The van der Waals surface area contributed by atoms with Crippen LogP contribution in [-0.2, 0) is 9.59 Å². The maximum Gasteiger partial charge on any atom is 0.323 e. The molecular weight excluding hydrogens is 208 g/mol. The van der Waals surface area contributed by atoms with Crippen LogP contribution in [0, 0.1) is 0 Å². The number of rotatable bonds is 7. The average molecular weight is 230 g/mol. The zero-order chi connectivity index (χ0) is 12.8. The molecule has 1 amide bonds. The zero-order valence-electron chi connectivity index (χ0n) is 10.3. The Balaban J connectivity index is 4.77. The zero-order valence-corrected chi connectivity index (χ0v) is 10.3. The van der Waals surface area contributed by atoms with Gasteiger partial charge in [0.25, 0.3) is 0 Å². The molecule has 0 aromatic heterocycles. The molecule has 0 aliphatic heterocycles. The van der Waals surface area contributed by atoms with Gasteiger partial charge in [-0.2, -0.15) is 0 Å². The lowest BCUT2D eigenvalue weighted by Gasteiger charge is -2.32. The van der Waals surface area contributed by atoms with Crippen LogP contribution in [0.2, 0.25) is 0 Å². The van der Waals surface area contributed by atoms with Gasteiger partial charge in [-0.25, -0.2) is 0 Å². The predicted octanol–water partition coefficient (Wildman–Crippen LogP) is 0.827. The van der Waals surface area contributed by atoms with Crippen LogP contribution >= 0.6 is 0 Å². The van der Waals surface area contributed by atoms with Crippen LogP contribution < -0.4 is 5.73 Å². The molecule has 3 N–H and O–H groups in total. The van der Waals surface area contributed by atoms with Gasteiger partial charge in [-0.15, -0.1) is 0 Å². The summed E-state index contributed by atoms with van der Waals surface area (Å²) < 4.78 is 0. The third-order valence-electron chi connectivity index (χ3n) is 2.79. The number of carboxylic acids is 1. The molecule has 16 heavy (non-hydrogen) atoms. The largest absolute Gasteiger partial charge is 0.480 e. The molecule has 0 aromatic rings. The van der Waals surface area contributed by atoms with Crippen molar-refractivity contribution in [3.8, 4) is 0 Å². The van der Waals surface area contributed by atoms with Crippen molar-refractivity contribution >= 4 is 11.9 Å². The molecule has 0 bridgehead atoms. The van der Waals surface area contributed by atoms with Gasteiger partial charge in [0.05, 0.1) is 5.54 Å². The van der Waals surface area contributed by atoms with E-state index in [9.17, 15) is 9.59 Å². The fourth-order valence-electron chi connectivity index (χ4n) is 1.55. The third-order valence-corrected chi connectivity index (χ3v) is 2.79. The first-order valence-electron chi connectivity index (χ1n) is 5.71. The summed E-state index contributed by atoms with van der Waals surface area (Å²) in [5, 5.41) is 8.74. The highest BCUT2D eigenvalue weighted by molar-refractivity contribution is 5.88. The molecule has 0 spiro atoms. The smallest absolute Gasteiger partial charge is 0.323 e. The van der Waals surface area contributed by atoms with Crippen molar-refractivity contribution < 1.29 is 14.7 Å². The number of aliphatic carboxylic acids is 1. The molecule has 0 atom stereocenters. The lowest BCUT2D eigenvalue weighted by Crippen LogP contribution is -2.55. The van der Waals surface area contributed by atoms with E-state index in [4.69, 9.17) is 10.8 Å². The van der Waals surface area contributed by atoms with Crippen molar-refractivity contribution in [1.82, 2.24) is 4.90 Å². The van der Waals surface area contributed by atoms with Crippen molar-refractivity contribution in [1.29, 1.82) is 0 Å². The molecule has 0 aromatic carbocycles. The Bertz CT molecular complexity index is 250. The number of carbonyl (C=O) groups is 2. The van der Waals surface area contributed by atoms with E-state index in [-0.39, 0.29) is 12.5 Å². The number of amides is 1. The minimum Gasteiger partial charge on any atom is -0.480 e. The molecular formula is C11H22N2O3. The Morgan fingerprint density at radius 1 is 1.25 bits per heavy atom. The molecule has 5 heteroatoms. The monoisotopic (exact) mass is 230 g/mol. The predicted molar refractivity (Wildman–Crippen MR) is 62.0 cm³/mol. The first kappa shape index (κ1) is 14.9. The third kappa shape index (κ3) is 3.81. The average Bonchev–Trinajstić information content (AvgIpc) is 2.26. The van der Waals surface area contributed by atoms with E-state index >= 15 is 0 Å². The highest BCUT2D eigenvalue weighted by Gasteiger charge is 2.34. The Morgan fingerprint density at radius 3 is 2.06 bits per heavy atom. The Labute approximate surface area is 96.6 Å². The van der Waals surface area contributed by atoms with Crippen LogP contribution in [0.3, 0.4) is 0 Å². The minimum atomic E-state index is -1.00. The van der Waals surface area contributed by atoms with Gasteiger partial charge in [0.1, 0.15) is 6.54 Å².